The summed E-state index contributed by atoms with van der Waals surface area (Å²) in [6.45, 7) is 6.36. The van der Waals surface area contributed by atoms with E-state index in [9.17, 15) is 0 Å². The normalized spacial score (nSPS) is 11.1. The zero-order valence-corrected chi connectivity index (χ0v) is 17.5. The third kappa shape index (κ3) is 4.14. The van der Waals surface area contributed by atoms with Crippen molar-refractivity contribution in [2.45, 2.75) is 20.8 Å². The molecule has 0 aliphatic heterocycles. The van der Waals surface area contributed by atoms with Gasteiger partial charge in [-0.25, -0.2) is 4.98 Å². The van der Waals surface area contributed by atoms with Crippen LogP contribution in [-0.4, -0.2) is 18.3 Å². The summed E-state index contributed by atoms with van der Waals surface area (Å²) >= 11 is 5.00. The number of hydrogen-bond donors (Lipinski definition) is 1. The largest absolute Gasteiger partial charge is 0.496 e. The van der Waals surface area contributed by atoms with Gasteiger partial charge in [0.25, 0.3) is 0 Å². The molecule has 0 saturated heterocycles. The van der Waals surface area contributed by atoms with Crippen LogP contribution in [0.2, 0.25) is 0 Å². The van der Waals surface area contributed by atoms with E-state index in [1.54, 1.807) is 13.3 Å². The summed E-state index contributed by atoms with van der Waals surface area (Å²) in [4.78, 5) is 4.68. The second-order valence-corrected chi connectivity index (χ2v) is 7.84. The smallest absolute Gasteiger partial charge is 0.203 e. The van der Waals surface area contributed by atoms with Crippen LogP contribution in [0.1, 0.15) is 22.3 Å². The predicted octanol–water partition coefficient (Wildman–Crippen LogP) is 5.95. The molecule has 134 valence electrons. The minimum Gasteiger partial charge on any atom is -0.496 e. The van der Waals surface area contributed by atoms with Gasteiger partial charge in [0.2, 0.25) is 5.13 Å². The first-order chi connectivity index (χ1) is 12.5. The van der Waals surface area contributed by atoms with Crippen molar-refractivity contribution in [1.29, 1.82) is 0 Å². The summed E-state index contributed by atoms with van der Waals surface area (Å²) in [6.07, 6.45) is 1.73. The SMILES string of the molecule is COc1ccc(Br)cc1/C=N\Nc1nc(-c2c(C)cc(C)cc2C)cs1. The molecule has 3 aromatic rings. The van der Waals surface area contributed by atoms with Crippen LogP contribution in [0.4, 0.5) is 5.13 Å². The number of halogens is 1. The molecule has 0 unspecified atom stereocenters. The second-order valence-electron chi connectivity index (χ2n) is 6.07. The van der Waals surface area contributed by atoms with Gasteiger partial charge in [0.1, 0.15) is 5.75 Å². The topological polar surface area (TPSA) is 46.5 Å². The van der Waals surface area contributed by atoms with Gasteiger partial charge in [0.05, 0.1) is 19.0 Å². The zero-order valence-electron chi connectivity index (χ0n) is 15.1. The first kappa shape index (κ1) is 18.6. The fraction of sp³-hybridized carbons (Fsp3) is 0.200. The first-order valence-corrected chi connectivity index (χ1v) is 9.81. The van der Waals surface area contributed by atoms with E-state index >= 15 is 0 Å². The molecular formula is C20H20BrN3OS. The van der Waals surface area contributed by atoms with Crippen molar-refractivity contribution in [3.63, 3.8) is 0 Å². The molecule has 2 aromatic carbocycles. The van der Waals surface area contributed by atoms with Crippen molar-refractivity contribution >= 4 is 38.6 Å². The number of ether oxygens (including phenoxy) is 1. The number of methoxy groups -OCH3 is 1. The highest BCUT2D eigenvalue weighted by molar-refractivity contribution is 9.10. The van der Waals surface area contributed by atoms with E-state index in [0.717, 1.165) is 26.6 Å². The number of hydrazone groups is 1. The Morgan fingerprint density at radius 3 is 2.58 bits per heavy atom. The van der Waals surface area contributed by atoms with Gasteiger partial charge in [-0.15, -0.1) is 11.3 Å². The van der Waals surface area contributed by atoms with Crippen molar-refractivity contribution < 1.29 is 4.74 Å². The van der Waals surface area contributed by atoms with Crippen molar-refractivity contribution in [1.82, 2.24) is 4.98 Å². The highest BCUT2D eigenvalue weighted by Gasteiger charge is 2.10. The minimum absolute atomic E-state index is 0.754. The molecule has 6 heteroatoms. The van der Waals surface area contributed by atoms with Gasteiger partial charge in [0, 0.05) is 21.0 Å². The van der Waals surface area contributed by atoms with E-state index < -0.39 is 0 Å². The van der Waals surface area contributed by atoms with Gasteiger partial charge >= 0.3 is 0 Å². The van der Waals surface area contributed by atoms with Crippen LogP contribution in [-0.2, 0) is 0 Å². The minimum atomic E-state index is 0.754. The number of benzene rings is 2. The Hall–Kier alpha value is -2.18. The summed E-state index contributed by atoms with van der Waals surface area (Å²) in [5.74, 6) is 0.768. The molecule has 0 spiro atoms. The lowest BCUT2D eigenvalue weighted by atomic mass is 9.98. The van der Waals surface area contributed by atoms with Crippen molar-refractivity contribution in [2.24, 2.45) is 5.10 Å². The van der Waals surface area contributed by atoms with Crippen LogP contribution >= 0.6 is 27.3 Å². The number of aryl methyl sites for hydroxylation is 3. The van der Waals surface area contributed by atoms with Crippen LogP contribution < -0.4 is 10.2 Å². The average molecular weight is 430 g/mol. The molecule has 1 aromatic heterocycles. The molecule has 0 fully saturated rings. The molecule has 3 rings (SSSR count). The van der Waals surface area contributed by atoms with Crippen molar-refractivity contribution in [3.8, 4) is 17.0 Å². The third-order valence-corrected chi connectivity index (χ3v) is 5.23. The van der Waals surface area contributed by atoms with E-state index in [1.165, 1.54) is 33.6 Å². The van der Waals surface area contributed by atoms with E-state index in [2.05, 4.69) is 69.7 Å². The molecule has 0 atom stereocenters. The van der Waals surface area contributed by atoms with Gasteiger partial charge in [-0.2, -0.15) is 5.10 Å². The molecule has 0 saturated carbocycles. The summed E-state index contributed by atoms with van der Waals surface area (Å²) in [5.41, 5.74) is 9.81. The van der Waals surface area contributed by atoms with Crippen LogP contribution in [0.25, 0.3) is 11.3 Å². The van der Waals surface area contributed by atoms with Gasteiger partial charge in [-0.05, 0) is 50.1 Å². The van der Waals surface area contributed by atoms with Crippen molar-refractivity contribution in [3.05, 3.63) is 62.4 Å². The lowest BCUT2D eigenvalue weighted by Gasteiger charge is -2.08. The second kappa shape index (κ2) is 8.01. The zero-order chi connectivity index (χ0) is 18.7. The maximum absolute atomic E-state index is 5.35. The van der Waals surface area contributed by atoms with Crippen LogP contribution in [0, 0.1) is 20.8 Å². The van der Waals surface area contributed by atoms with Crippen LogP contribution in [0.3, 0.4) is 0 Å². The van der Waals surface area contributed by atoms with Crippen molar-refractivity contribution in [2.75, 3.05) is 12.5 Å². The Bertz CT molecular complexity index is 942. The van der Waals surface area contributed by atoms with Gasteiger partial charge in [-0.3, -0.25) is 5.43 Å². The maximum atomic E-state index is 5.35. The summed E-state index contributed by atoms with van der Waals surface area (Å²) in [5, 5.41) is 7.11. The highest BCUT2D eigenvalue weighted by Crippen LogP contribution is 2.31. The average Bonchev–Trinajstić information content (AvgIpc) is 3.02. The number of thiazole rings is 1. The third-order valence-electron chi connectivity index (χ3n) is 3.99. The van der Waals surface area contributed by atoms with E-state index in [0.29, 0.717) is 0 Å². The van der Waals surface area contributed by atoms with Gasteiger partial charge in [-0.1, -0.05) is 33.6 Å². The lowest BCUT2D eigenvalue weighted by Crippen LogP contribution is -1.94. The Morgan fingerprint density at radius 1 is 1.15 bits per heavy atom. The molecule has 0 amide bonds. The number of nitrogens with zero attached hydrogens (tertiary/aromatic N) is 2. The fourth-order valence-electron chi connectivity index (χ4n) is 2.99. The summed E-state index contributed by atoms with van der Waals surface area (Å²) < 4.78 is 6.32. The van der Waals surface area contributed by atoms with Gasteiger partial charge in [0.15, 0.2) is 0 Å². The molecule has 1 heterocycles. The number of anilines is 1. The standard InChI is InChI=1S/C20H20BrN3OS/c1-12-7-13(2)19(14(3)8-12)17-11-26-20(23-17)24-22-10-15-9-16(21)5-6-18(15)25-4/h5-11H,1-4H3,(H,23,24)/b22-10-. The number of aromatic nitrogens is 1. The molecule has 0 aliphatic rings. The molecule has 26 heavy (non-hydrogen) atoms. The van der Waals surface area contributed by atoms with E-state index in [1.807, 2.05) is 18.2 Å². The Morgan fingerprint density at radius 2 is 1.88 bits per heavy atom. The van der Waals surface area contributed by atoms with E-state index in [4.69, 9.17) is 4.74 Å². The number of hydrogen-bond acceptors (Lipinski definition) is 5. The fourth-order valence-corrected chi connectivity index (χ4v) is 4.02. The lowest BCUT2D eigenvalue weighted by molar-refractivity contribution is 0.414. The van der Waals surface area contributed by atoms with Crippen LogP contribution in [0.5, 0.6) is 5.75 Å². The number of rotatable bonds is 5. The Balaban J connectivity index is 1.79. The summed E-state index contributed by atoms with van der Waals surface area (Å²) in [7, 11) is 1.65. The highest BCUT2D eigenvalue weighted by atomic mass is 79.9. The number of nitrogens with one attached hydrogen (secondary N) is 1. The maximum Gasteiger partial charge on any atom is 0.203 e. The Labute approximate surface area is 166 Å². The molecule has 1 N–H and O–H groups in total. The molecular weight excluding hydrogens is 410 g/mol. The quantitative estimate of drug-likeness (QED) is 0.402. The molecule has 0 radical (unpaired) electrons. The first-order valence-electron chi connectivity index (χ1n) is 8.14. The molecule has 4 nitrogen and oxygen atoms in total. The van der Waals surface area contributed by atoms with Gasteiger partial charge < -0.3 is 4.74 Å². The predicted molar refractivity (Wildman–Crippen MR) is 114 cm³/mol. The molecule has 0 bridgehead atoms. The monoisotopic (exact) mass is 429 g/mol. The summed E-state index contributed by atoms with van der Waals surface area (Å²) in [6, 6.07) is 10.2. The Kier molecular flexibility index (Phi) is 5.74. The van der Waals surface area contributed by atoms with Crippen LogP contribution in [0.15, 0.2) is 45.3 Å². The van der Waals surface area contributed by atoms with E-state index in [-0.39, 0.29) is 0 Å². The molecule has 0 aliphatic carbocycles.